The van der Waals surface area contributed by atoms with Crippen molar-refractivity contribution in [2.75, 3.05) is 14.2 Å². The highest BCUT2D eigenvalue weighted by atomic mass is 32.2. The number of hydrogen-bond acceptors (Lipinski definition) is 10. The quantitative estimate of drug-likeness (QED) is 0.158. The van der Waals surface area contributed by atoms with Crippen LogP contribution in [0.15, 0.2) is 56.4 Å². The molecule has 0 aliphatic rings. The molecule has 34 heavy (non-hydrogen) atoms. The van der Waals surface area contributed by atoms with Gasteiger partial charge in [-0.25, -0.2) is 10.9 Å². The van der Waals surface area contributed by atoms with Crippen molar-refractivity contribution in [3.05, 3.63) is 47.5 Å². The van der Waals surface area contributed by atoms with Crippen LogP contribution < -0.4 is 20.3 Å². The zero-order valence-corrected chi connectivity index (χ0v) is 19.1. The summed E-state index contributed by atoms with van der Waals surface area (Å²) < 4.78 is 73.7. The Kier molecular flexibility index (Phi) is 8.41. The smallest absolute Gasteiger partial charge is 0.331 e. The molecule has 0 bridgehead atoms. The number of carbonyl (C=O) groups is 2. The molecule has 0 unspecified atom stereocenters. The summed E-state index contributed by atoms with van der Waals surface area (Å²) in [5.74, 6) is -2.68. The monoisotopic (exact) mass is 514 g/mol. The Morgan fingerprint density at radius 3 is 1.41 bits per heavy atom. The highest BCUT2D eigenvalue weighted by Crippen LogP contribution is 2.24. The van der Waals surface area contributed by atoms with Crippen molar-refractivity contribution in [2.24, 2.45) is 10.2 Å². The average Bonchev–Trinajstić information content (AvgIpc) is 2.77. The number of nitrogens with zero attached hydrogens (tertiary/aromatic N) is 2. The molecule has 0 radical (unpaired) electrons. The first kappa shape index (κ1) is 26.4. The van der Waals surface area contributed by atoms with Crippen molar-refractivity contribution >= 4 is 44.5 Å². The number of hydrazone groups is 2. The minimum Gasteiger partial charge on any atom is -0.495 e. The molecule has 0 atom stereocenters. The maximum Gasteiger partial charge on any atom is 0.331 e. The van der Waals surface area contributed by atoms with Crippen LogP contribution in [0.25, 0.3) is 0 Å². The molecule has 0 heterocycles. The van der Waals surface area contributed by atoms with Gasteiger partial charge in [-0.2, -0.15) is 27.0 Å². The van der Waals surface area contributed by atoms with Crippen LogP contribution in [0.1, 0.15) is 11.1 Å². The number of amides is 2. The van der Waals surface area contributed by atoms with E-state index in [1.54, 1.807) is 0 Å². The zero-order chi connectivity index (χ0) is 25.5. The van der Waals surface area contributed by atoms with E-state index in [2.05, 4.69) is 10.2 Å². The van der Waals surface area contributed by atoms with Gasteiger partial charge in [0.2, 0.25) is 0 Å². The van der Waals surface area contributed by atoms with Crippen LogP contribution >= 0.6 is 0 Å². The summed E-state index contributed by atoms with van der Waals surface area (Å²) in [5, 5.41) is 7.00. The summed E-state index contributed by atoms with van der Waals surface area (Å²) >= 11 is 0. The van der Waals surface area contributed by atoms with Gasteiger partial charge in [0, 0.05) is 0 Å². The molecule has 2 aromatic carbocycles. The lowest BCUT2D eigenvalue weighted by Gasteiger charge is -2.06. The topological polar surface area (TPSA) is 210 Å². The van der Waals surface area contributed by atoms with Crippen LogP contribution in [0.5, 0.6) is 11.5 Å². The van der Waals surface area contributed by atoms with Gasteiger partial charge in [-0.05, 0) is 47.5 Å². The summed E-state index contributed by atoms with van der Waals surface area (Å²) in [4.78, 5) is 22.5. The maximum atomic E-state index is 11.8. The predicted octanol–water partition coefficient (Wildman–Crippen LogP) is -0.202. The Bertz CT molecular complexity index is 1260. The second-order valence-corrected chi connectivity index (χ2v) is 8.95. The number of ether oxygens (including phenoxy) is 2. The van der Waals surface area contributed by atoms with Crippen LogP contribution in [0.3, 0.4) is 0 Å². The first-order valence-electron chi connectivity index (χ1n) is 8.84. The van der Waals surface area contributed by atoms with Gasteiger partial charge in [-0.15, -0.1) is 0 Å². The Hall–Kier alpha value is -3.86. The molecule has 0 saturated heterocycles. The molecule has 0 aromatic heterocycles. The van der Waals surface area contributed by atoms with E-state index in [1.807, 2.05) is 10.9 Å². The van der Waals surface area contributed by atoms with Gasteiger partial charge < -0.3 is 9.47 Å². The van der Waals surface area contributed by atoms with E-state index < -0.39 is 41.8 Å². The summed E-state index contributed by atoms with van der Waals surface area (Å²) in [7, 11) is -6.74. The molecule has 0 fully saturated rings. The van der Waals surface area contributed by atoms with E-state index in [0.29, 0.717) is 0 Å². The highest BCUT2D eigenvalue weighted by Gasteiger charge is 2.18. The van der Waals surface area contributed by atoms with Gasteiger partial charge in [-0.3, -0.25) is 18.7 Å². The summed E-state index contributed by atoms with van der Waals surface area (Å²) in [6, 6.07) is 7.32. The van der Waals surface area contributed by atoms with Crippen LogP contribution in [0.4, 0.5) is 0 Å². The largest absolute Gasteiger partial charge is 0.495 e. The number of nitrogens with one attached hydrogen (secondary N) is 2. The van der Waals surface area contributed by atoms with E-state index in [4.69, 9.17) is 9.47 Å². The molecular formula is C18H18N4O10S2. The van der Waals surface area contributed by atoms with Gasteiger partial charge in [0.25, 0.3) is 20.2 Å². The third kappa shape index (κ3) is 7.07. The third-order valence-corrected chi connectivity index (χ3v) is 5.65. The summed E-state index contributed by atoms with van der Waals surface area (Å²) in [6.07, 6.45) is 2.02. The molecule has 0 spiro atoms. The van der Waals surface area contributed by atoms with Crippen molar-refractivity contribution in [3.8, 4) is 11.5 Å². The van der Waals surface area contributed by atoms with Crippen molar-refractivity contribution < 1.29 is 45.0 Å². The van der Waals surface area contributed by atoms with E-state index in [-0.39, 0.29) is 22.6 Å². The number of carbonyl (C=O) groups excluding carboxylic acids is 2. The van der Waals surface area contributed by atoms with Crippen LogP contribution in [-0.2, 0) is 29.8 Å². The fourth-order valence-corrected chi connectivity index (χ4v) is 3.76. The number of benzene rings is 2. The van der Waals surface area contributed by atoms with Gasteiger partial charge in [-0.1, -0.05) is 0 Å². The second kappa shape index (κ2) is 10.8. The first-order valence-corrected chi connectivity index (χ1v) is 11.7. The molecule has 2 rings (SSSR count). The SMILES string of the molecule is COc1ccc(/C=N\NC(=O)C(=O)N/N=C/c2ccc(OC)c(S(=O)(=O)O)c2)cc1S(=O)(=O)O. The minimum absolute atomic E-state index is 0.110. The predicted molar refractivity (Wildman–Crippen MR) is 117 cm³/mol. The minimum atomic E-state index is -4.58. The van der Waals surface area contributed by atoms with Crippen molar-refractivity contribution in [3.63, 3.8) is 0 Å². The van der Waals surface area contributed by atoms with E-state index in [0.717, 1.165) is 24.6 Å². The fourth-order valence-electron chi connectivity index (χ4n) is 2.38. The molecular weight excluding hydrogens is 496 g/mol. The second-order valence-electron chi connectivity index (χ2n) is 6.17. The molecule has 182 valence electrons. The van der Waals surface area contributed by atoms with Crippen LogP contribution in [0, 0.1) is 0 Å². The van der Waals surface area contributed by atoms with Crippen molar-refractivity contribution in [1.82, 2.24) is 10.9 Å². The molecule has 16 heteroatoms. The maximum absolute atomic E-state index is 11.8. The normalized spacial score (nSPS) is 12.0. The van der Waals surface area contributed by atoms with E-state index >= 15 is 0 Å². The van der Waals surface area contributed by atoms with Gasteiger partial charge in [0.1, 0.15) is 21.3 Å². The van der Waals surface area contributed by atoms with Crippen LogP contribution in [0.2, 0.25) is 0 Å². The lowest BCUT2D eigenvalue weighted by molar-refractivity contribution is -0.139. The van der Waals surface area contributed by atoms with Crippen molar-refractivity contribution in [2.45, 2.75) is 9.79 Å². The molecule has 2 aromatic rings. The van der Waals surface area contributed by atoms with E-state index in [1.165, 1.54) is 38.5 Å². The van der Waals surface area contributed by atoms with Gasteiger partial charge in [0.15, 0.2) is 0 Å². The molecule has 0 saturated carbocycles. The highest BCUT2D eigenvalue weighted by molar-refractivity contribution is 7.86. The summed E-state index contributed by atoms with van der Waals surface area (Å²) in [5.41, 5.74) is 4.07. The zero-order valence-electron chi connectivity index (χ0n) is 17.5. The standard InChI is InChI=1S/C18H18N4O10S2/c1-31-13-5-3-11(7-15(13)33(25,26)27)9-19-21-17(23)18(24)22-20-10-12-4-6-14(32-2)16(8-12)34(28,29)30/h3-10H,1-2H3,(H,21,23)(H,22,24)(H,25,26,27)(H,28,29,30)/b19-9-,20-10+. The molecule has 0 aliphatic heterocycles. The number of hydrogen-bond donors (Lipinski definition) is 4. The summed E-state index contributed by atoms with van der Waals surface area (Å²) in [6.45, 7) is 0. The third-order valence-electron chi connectivity index (χ3n) is 3.90. The first-order chi connectivity index (χ1) is 15.9. The van der Waals surface area contributed by atoms with Crippen LogP contribution in [-0.4, -0.2) is 64.4 Å². The molecule has 4 N–H and O–H groups in total. The average molecular weight is 514 g/mol. The fraction of sp³-hybridized carbons (Fsp3) is 0.111. The van der Waals surface area contributed by atoms with Gasteiger partial charge >= 0.3 is 11.8 Å². The Morgan fingerprint density at radius 2 is 1.12 bits per heavy atom. The molecule has 2 amide bonds. The Morgan fingerprint density at radius 1 is 0.765 bits per heavy atom. The molecule has 0 aliphatic carbocycles. The lowest BCUT2D eigenvalue weighted by atomic mass is 10.2. The van der Waals surface area contributed by atoms with Gasteiger partial charge in [0.05, 0.1) is 26.6 Å². The van der Waals surface area contributed by atoms with Crippen molar-refractivity contribution in [1.29, 1.82) is 0 Å². The molecule has 14 nitrogen and oxygen atoms in total. The van der Waals surface area contributed by atoms with E-state index in [9.17, 15) is 35.5 Å². The Balaban J connectivity index is 2.02. The number of rotatable bonds is 8. The number of methoxy groups -OCH3 is 2. The lowest BCUT2D eigenvalue weighted by Crippen LogP contribution is -2.35. The Labute approximate surface area is 193 Å².